The highest BCUT2D eigenvalue weighted by Gasteiger charge is 2.56. The van der Waals surface area contributed by atoms with Gasteiger partial charge >= 0.3 is 11.7 Å². The van der Waals surface area contributed by atoms with Crippen LogP contribution in [-0.2, 0) is 30.4 Å². The van der Waals surface area contributed by atoms with E-state index >= 15 is 0 Å². The molecule has 0 unspecified atom stereocenters. The average molecular weight is 429 g/mol. The van der Waals surface area contributed by atoms with Crippen LogP contribution in [0.15, 0.2) is 52.2 Å². The molecule has 0 radical (unpaired) electrons. The summed E-state index contributed by atoms with van der Waals surface area (Å²) in [5.41, 5.74) is -0.0534. The number of ether oxygens (including phenoxy) is 3. The first-order chi connectivity index (χ1) is 15.0. The number of nitrogens with zero attached hydrogens (tertiary/aromatic N) is 2. The van der Waals surface area contributed by atoms with E-state index in [0.29, 0.717) is 19.6 Å². The third-order valence-corrected chi connectivity index (χ3v) is 5.86. The number of benzene rings is 1. The van der Waals surface area contributed by atoms with Crippen LogP contribution in [-0.4, -0.2) is 57.6 Å². The minimum Gasteiger partial charge on any atom is -0.455 e. The lowest BCUT2D eigenvalue weighted by Gasteiger charge is -2.30. The molecule has 1 aromatic carbocycles. The largest absolute Gasteiger partial charge is 0.455 e. The summed E-state index contributed by atoms with van der Waals surface area (Å²) in [6.45, 7) is 2.28. The smallest absolute Gasteiger partial charge is 0.330 e. The Morgan fingerprint density at radius 3 is 2.74 bits per heavy atom. The number of hydroxylamine groups is 2. The van der Waals surface area contributed by atoms with Gasteiger partial charge in [0, 0.05) is 25.7 Å². The number of hydrogen-bond acceptors (Lipinski definition) is 8. The molecule has 0 saturated carbocycles. The van der Waals surface area contributed by atoms with Crippen LogP contribution in [0, 0.1) is 0 Å². The molecule has 10 heteroatoms. The zero-order chi connectivity index (χ0) is 21.5. The number of aromatic amines is 1. The van der Waals surface area contributed by atoms with E-state index in [2.05, 4.69) is 4.98 Å². The molecule has 0 spiro atoms. The monoisotopic (exact) mass is 429 g/mol. The van der Waals surface area contributed by atoms with Gasteiger partial charge in [0.15, 0.2) is 12.3 Å². The van der Waals surface area contributed by atoms with Gasteiger partial charge in [-0.15, -0.1) is 0 Å². The number of fused-ring (bicyclic) bond motifs is 4. The van der Waals surface area contributed by atoms with E-state index in [-0.39, 0.29) is 12.1 Å². The van der Waals surface area contributed by atoms with E-state index in [9.17, 15) is 14.4 Å². The van der Waals surface area contributed by atoms with Gasteiger partial charge in [0.1, 0.15) is 18.3 Å². The van der Waals surface area contributed by atoms with E-state index in [1.165, 1.54) is 23.8 Å². The molecular weight excluding hydrogens is 406 g/mol. The minimum atomic E-state index is -0.938. The van der Waals surface area contributed by atoms with Gasteiger partial charge in [0.05, 0.1) is 12.6 Å². The van der Waals surface area contributed by atoms with Crippen molar-refractivity contribution in [1.29, 1.82) is 0 Å². The molecule has 0 amide bonds. The molecular formula is C21H23N3O7. The van der Waals surface area contributed by atoms with Crippen LogP contribution in [0.3, 0.4) is 0 Å². The lowest BCUT2D eigenvalue weighted by molar-refractivity contribution is -0.229. The topological polar surface area (TPSA) is 112 Å². The van der Waals surface area contributed by atoms with Crippen molar-refractivity contribution >= 4 is 5.97 Å². The Bertz CT molecular complexity index is 1070. The molecule has 164 valence electrons. The van der Waals surface area contributed by atoms with Gasteiger partial charge in [-0.1, -0.05) is 30.3 Å². The van der Waals surface area contributed by atoms with Crippen LogP contribution in [0.5, 0.6) is 0 Å². The average Bonchev–Trinajstić information content (AvgIpc) is 3.21. The molecule has 4 heterocycles. The number of aromatic nitrogens is 2. The third kappa shape index (κ3) is 3.83. The molecule has 3 fully saturated rings. The highest BCUT2D eigenvalue weighted by molar-refractivity contribution is 5.66. The molecule has 3 aliphatic heterocycles. The number of hydrogen-bond donors (Lipinski definition) is 1. The van der Waals surface area contributed by atoms with Crippen LogP contribution in [0.2, 0.25) is 0 Å². The fraction of sp³-hybridized carbons (Fsp3) is 0.476. The number of carbonyl (C=O) groups excluding carboxylic acids is 1. The zero-order valence-corrected chi connectivity index (χ0v) is 16.9. The summed E-state index contributed by atoms with van der Waals surface area (Å²) < 4.78 is 19.0. The van der Waals surface area contributed by atoms with E-state index in [4.69, 9.17) is 19.0 Å². The predicted molar refractivity (Wildman–Crippen MR) is 106 cm³/mol. The van der Waals surface area contributed by atoms with Crippen molar-refractivity contribution < 1.29 is 23.8 Å². The van der Waals surface area contributed by atoms with Gasteiger partial charge in [0.25, 0.3) is 5.56 Å². The summed E-state index contributed by atoms with van der Waals surface area (Å²) in [6, 6.07) is 11.2. The van der Waals surface area contributed by atoms with Gasteiger partial charge in [-0.05, 0) is 12.0 Å². The minimum absolute atomic E-state index is 0.0339. The van der Waals surface area contributed by atoms with E-state index in [1.807, 2.05) is 35.4 Å². The number of H-pyrrole nitrogens is 1. The molecule has 3 aliphatic rings. The van der Waals surface area contributed by atoms with Gasteiger partial charge in [0.2, 0.25) is 0 Å². The maximum atomic E-state index is 12.4. The Morgan fingerprint density at radius 2 is 2.00 bits per heavy atom. The second kappa shape index (κ2) is 8.04. The standard InChI is InChI=1S/C21H23N3O7/c1-12(25)29-19-18-17(30-20(19)23-8-7-16(26)22-21(23)27)15-9-14(11-28-18)24(31-15)10-13-5-3-2-4-6-13/h2-8,14-15,17-20H,9-11H2,1H3,(H,22,26,27)/t14-,15+,17-,18+,19-,20-/m1/s1. The quantitative estimate of drug-likeness (QED) is 0.693. The summed E-state index contributed by atoms with van der Waals surface area (Å²) in [5.74, 6) is -0.513. The number of carbonyl (C=O) groups is 1. The van der Waals surface area contributed by atoms with Gasteiger partial charge in [-0.25, -0.2) is 4.79 Å². The van der Waals surface area contributed by atoms with E-state index < -0.39 is 41.8 Å². The molecule has 5 rings (SSSR count). The Hall–Kier alpha value is -2.79. The fourth-order valence-electron chi connectivity index (χ4n) is 4.51. The van der Waals surface area contributed by atoms with Gasteiger partial charge in [-0.3, -0.25) is 24.0 Å². The summed E-state index contributed by atoms with van der Waals surface area (Å²) in [7, 11) is 0. The first-order valence-corrected chi connectivity index (χ1v) is 10.2. The second-order valence-corrected chi connectivity index (χ2v) is 7.97. The SMILES string of the molecule is CC(=O)O[C@@H]1[C@H]2OC[C@H]3C[C@H](ON3Cc3ccccc3)[C@H]2O[C@H]1n1ccc(=O)[nH]c1=O. The van der Waals surface area contributed by atoms with Gasteiger partial charge < -0.3 is 14.2 Å². The Balaban J connectivity index is 1.41. The first-order valence-electron chi connectivity index (χ1n) is 10.2. The summed E-state index contributed by atoms with van der Waals surface area (Å²) in [6.07, 6.45) is -1.23. The lowest BCUT2D eigenvalue weighted by Crippen LogP contribution is -2.45. The number of rotatable bonds is 4. The van der Waals surface area contributed by atoms with Gasteiger partial charge in [-0.2, -0.15) is 5.06 Å². The zero-order valence-electron chi connectivity index (χ0n) is 16.9. The number of nitrogens with one attached hydrogen (secondary N) is 1. The first kappa shape index (κ1) is 20.1. The molecule has 1 N–H and O–H groups in total. The maximum absolute atomic E-state index is 12.4. The number of esters is 1. The maximum Gasteiger partial charge on any atom is 0.330 e. The normalized spacial score (nSPS) is 32.4. The van der Waals surface area contributed by atoms with Crippen molar-refractivity contribution in [3.63, 3.8) is 0 Å². The van der Waals surface area contributed by atoms with Crippen LogP contribution in [0.4, 0.5) is 0 Å². The highest BCUT2D eigenvalue weighted by atomic mass is 16.7. The van der Waals surface area contributed by atoms with E-state index in [0.717, 1.165) is 5.56 Å². The fourth-order valence-corrected chi connectivity index (χ4v) is 4.51. The molecule has 0 aliphatic carbocycles. The summed E-state index contributed by atoms with van der Waals surface area (Å²) in [4.78, 5) is 44.0. The second-order valence-electron chi connectivity index (χ2n) is 7.97. The molecule has 6 atom stereocenters. The highest BCUT2D eigenvalue weighted by Crippen LogP contribution is 2.41. The predicted octanol–water partition coefficient (Wildman–Crippen LogP) is 0.339. The molecule has 1 aromatic heterocycles. The van der Waals surface area contributed by atoms with Crippen molar-refractivity contribution in [1.82, 2.24) is 14.6 Å². The summed E-state index contributed by atoms with van der Waals surface area (Å²) >= 11 is 0. The molecule has 2 bridgehead atoms. The summed E-state index contributed by atoms with van der Waals surface area (Å²) in [5, 5.41) is 1.90. The molecule has 3 saturated heterocycles. The van der Waals surface area contributed by atoms with Crippen molar-refractivity contribution in [2.75, 3.05) is 6.61 Å². The molecule has 31 heavy (non-hydrogen) atoms. The molecule has 10 nitrogen and oxygen atoms in total. The van der Waals surface area contributed by atoms with Crippen molar-refractivity contribution in [3.8, 4) is 0 Å². The van der Waals surface area contributed by atoms with Crippen molar-refractivity contribution in [2.45, 2.75) is 56.6 Å². The van der Waals surface area contributed by atoms with Crippen molar-refractivity contribution in [3.05, 3.63) is 69.0 Å². The Kier molecular flexibility index (Phi) is 5.22. The van der Waals surface area contributed by atoms with Crippen LogP contribution in [0.25, 0.3) is 0 Å². The van der Waals surface area contributed by atoms with Crippen LogP contribution in [0.1, 0.15) is 25.1 Å². The Labute approximate surface area is 177 Å². The lowest BCUT2D eigenvalue weighted by atomic mass is 10.0. The van der Waals surface area contributed by atoms with E-state index in [1.54, 1.807) is 0 Å². The van der Waals surface area contributed by atoms with Crippen LogP contribution < -0.4 is 11.2 Å². The molecule has 2 aromatic rings. The van der Waals surface area contributed by atoms with Crippen molar-refractivity contribution in [2.24, 2.45) is 0 Å². The Morgan fingerprint density at radius 1 is 1.19 bits per heavy atom. The third-order valence-electron chi connectivity index (χ3n) is 5.86. The van der Waals surface area contributed by atoms with Crippen LogP contribution >= 0.6 is 0 Å².